The van der Waals surface area contributed by atoms with Crippen LogP contribution in [0.2, 0.25) is 5.02 Å². The molecule has 1 heterocycles. The van der Waals surface area contributed by atoms with Crippen molar-refractivity contribution >= 4 is 23.3 Å². The van der Waals surface area contributed by atoms with Crippen LogP contribution in [0.5, 0.6) is 5.75 Å². The second kappa shape index (κ2) is 9.51. The molecule has 1 saturated carbocycles. The van der Waals surface area contributed by atoms with Crippen molar-refractivity contribution in [3.05, 3.63) is 47.0 Å². The average molecular weight is 467 g/mol. The highest BCUT2D eigenvalue weighted by Gasteiger charge is 2.29. The molecule has 1 aliphatic carbocycles. The largest absolute Gasteiger partial charge is 0.489 e. The zero-order chi connectivity index (χ0) is 23.5. The van der Waals surface area contributed by atoms with E-state index in [4.69, 9.17) is 20.9 Å². The minimum absolute atomic E-state index is 0.000687. The van der Waals surface area contributed by atoms with Gasteiger partial charge in [0.2, 0.25) is 5.82 Å². The van der Waals surface area contributed by atoms with Crippen LogP contribution in [0, 0.1) is 17.2 Å². The SMILES string of the molecule is CC(C)Oc1ccc(-c2noc(-c3ccc(N[C@H]4CCC(C(=O)O)C4)cc3C#N)n2)cc1Cl. The molecule has 0 amide bonds. The Hall–Kier alpha value is -3.57. The van der Waals surface area contributed by atoms with E-state index in [1.807, 2.05) is 19.9 Å². The van der Waals surface area contributed by atoms with Gasteiger partial charge in [0.15, 0.2) is 0 Å². The third-order valence-electron chi connectivity index (χ3n) is 5.50. The highest BCUT2D eigenvalue weighted by atomic mass is 35.5. The van der Waals surface area contributed by atoms with Crippen molar-refractivity contribution in [1.29, 1.82) is 5.26 Å². The predicted octanol–water partition coefficient (Wildman–Crippen LogP) is 5.38. The first kappa shape index (κ1) is 22.6. The van der Waals surface area contributed by atoms with E-state index >= 15 is 0 Å². The number of aromatic nitrogens is 2. The van der Waals surface area contributed by atoms with Gasteiger partial charge in [0.1, 0.15) is 11.8 Å². The number of hydrogen-bond donors (Lipinski definition) is 2. The third-order valence-corrected chi connectivity index (χ3v) is 5.80. The minimum Gasteiger partial charge on any atom is -0.489 e. The highest BCUT2D eigenvalue weighted by Crippen LogP contribution is 2.33. The van der Waals surface area contributed by atoms with Crippen molar-refractivity contribution in [2.45, 2.75) is 45.3 Å². The number of carbonyl (C=O) groups is 1. The molecule has 4 rings (SSSR count). The molecule has 2 N–H and O–H groups in total. The summed E-state index contributed by atoms with van der Waals surface area (Å²) < 4.78 is 11.1. The van der Waals surface area contributed by atoms with E-state index in [2.05, 4.69) is 21.5 Å². The molecule has 8 nitrogen and oxygen atoms in total. The summed E-state index contributed by atoms with van der Waals surface area (Å²) in [7, 11) is 0. The Morgan fingerprint density at radius 2 is 2.12 bits per heavy atom. The van der Waals surface area contributed by atoms with E-state index in [0.29, 0.717) is 46.1 Å². The Morgan fingerprint density at radius 3 is 2.79 bits per heavy atom. The molecule has 0 aliphatic heterocycles. The molecule has 2 atom stereocenters. The number of anilines is 1. The number of nitrogens with zero attached hydrogens (tertiary/aromatic N) is 3. The van der Waals surface area contributed by atoms with Crippen LogP contribution in [-0.4, -0.2) is 33.4 Å². The van der Waals surface area contributed by atoms with Gasteiger partial charge in [-0.1, -0.05) is 16.8 Å². The second-order valence-electron chi connectivity index (χ2n) is 8.30. The molecule has 1 aromatic heterocycles. The molecule has 0 spiro atoms. The quantitative estimate of drug-likeness (QED) is 0.475. The van der Waals surface area contributed by atoms with Crippen LogP contribution in [0.15, 0.2) is 40.9 Å². The molecule has 33 heavy (non-hydrogen) atoms. The number of ether oxygens (including phenoxy) is 1. The van der Waals surface area contributed by atoms with Gasteiger partial charge < -0.3 is 19.7 Å². The smallest absolute Gasteiger partial charge is 0.306 e. The van der Waals surface area contributed by atoms with Crippen molar-refractivity contribution in [2.75, 3.05) is 5.32 Å². The number of carboxylic acid groups (broad SMARTS) is 1. The molecule has 2 aromatic carbocycles. The lowest BCUT2D eigenvalue weighted by Gasteiger charge is -2.14. The van der Waals surface area contributed by atoms with Crippen LogP contribution in [0.4, 0.5) is 5.69 Å². The van der Waals surface area contributed by atoms with Gasteiger partial charge in [-0.25, -0.2) is 0 Å². The zero-order valence-electron chi connectivity index (χ0n) is 18.2. The lowest BCUT2D eigenvalue weighted by Crippen LogP contribution is -2.17. The van der Waals surface area contributed by atoms with Crippen molar-refractivity contribution < 1.29 is 19.2 Å². The van der Waals surface area contributed by atoms with Crippen LogP contribution in [-0.2, 0) is 4.79 Å². The van der Waals surface area contributed by atoms with Gasteiger partial charge in [-0.2, -0.15) is 10.2 Å². The van der Waals surface area contributed by atoms with Gasteiger partial charge in [0.25, 0.3) is 5.89 Å². The molecule has 170 valence electrons. The molecular weight excluding hydrogens is 444 g/mol. The monoisotopic (exact) mass is 466 g/mol. The Bertz CT molecular complexity index is 1220. The Labute approximate surface area is 196 Å². The van der Waals surface area contributed by atoms with E-state index < -0.39 is 5.97 Å². The molecule has 0 saturated heterocycles. The summed E-state index contributed by atoms with van der Waals surface area (Å²) in [5.74, 6) is 0.0562. The summed E-state index contributed by atoms with van der Waals surface area (Å²) >= 11 is 6.31. The fourth-order valence-electron chi connectivity index (χ4n) is 3.93. The Balaban J connectivity index is 1.53. The van der Waals surface area contributed by atoms with Gasteiger partial charge in [-0.15, -0.1) is 0 Å². The van der Waals surface area contributed by atoms with Gasteiger partial charge in [0.05, 0.1) is 28.2 Å². The summed E-state index contributed by atoms with van der Waals surface area (Å²) in [5.41, 5.74) is 2.31. The Morgan fingerprint density at radius 1 is 1.30 bits per heavy atom. The lowest BCUT2D eigenvalue weighted by atomic mass is 10.1. The standard InChI is InChI=1S/C24H23ClN4O4/c1-13(2)32-21-8-4-14(11-20(21)25)22-28-23(33-29-22)19-7-6-18(10-16(19)12-26)27-17-5-3-15(9-17)24(30)31/h4,6-8,10-11,13,15,17,27H,3,5,9H2,1-2H3,(H,30,31)/t15?,17-/m0/s1. The molecule has 1 aliphatic rings. The van der Waals surface area contributed by atoms with Crippen molar-refractivity contribution in [2.24, 2.45) is 5.92 Å². The van der Waals surface area contributed by atoms with Gasteiger partial charge in [-0.3, -0.25) is 4.79 Å². The molecule has 9 heteroatoms. The van der Waals surface area contributed by atoms with Crippen LogP contribution in [0.25, 0.3) is 22.8 Å². The topological polar surface area (TPSA) is 121 Å². The average Bonchev–Trinajstić information content (AvgIpc) is 3.45. The number of benzene rings is 2. The van der Waals surface area contributed by atoms with E-state index in [0.717, 1.165) is 12.1 Å². The minimum atomic E-state index is -0.761. The molecule has 1 unspecified atom stereocenters. The lowest BCUT2D eigenvalue weighted by molar-refractivity contribution is -0.141. The molecular formula is C24H23ClN4O4. The van der Waals surface area contributed by atoms with Gasteiger partial charge in [-0.05, 0) is 69.5 Å². The number of aliphatic carboxylic acids is 1. The molecule has 0 radical (unpaired) electrons. The number of nitrogens with one attached hydrogen (secondary N) is 1. The first-order valence-corrected chi connectivity index (χ1v) is 11.1. The molecule has 0 bridgehead atoms. The maximum atomic E-state index is 11.2. The zero-order valence-corrected chi connectivity index (χ0v) is 19.0. The van der Waals surface area contributed by atoms with Crippen LogP contribution in [0.3, 0.4) is 0 Å². The van der Waals surface area contributed by atoms with Gasteiger partial charge >= 0.3 is 5.97 Å². The van der Waals surface area contributed by atoms with Crippen molar-refractivity contribution in [1.82, 2.24) is 10.1 Å². The van der Waals surface area contributed by atoms with Crippen LogP contribution < -0.4 is 10.1 Å². The molecule has 1 fully saturated rings. The van der Waals surface area contributed by atoms with E-state index in [9.17, 15) is 15.2 Å². The van der Waals surface area contributed by atoms with Crippen LogP contribution >= 0.6 is 11.6 Å². The number of nitriles is 1. The summed E-state index contributed by atoms with van der Waals surface area (Å²) in [5, 5.41) is 26.7. The number of carboxylic acids is 1. The maximum absolute atomic E-state index is 11.2. The summed E-state index contributed by atoms with van der Waals surface area (Å²) in [6, 6.07) is 12.8. The van der Waals surface area contributed by atoms with Crippen LogP contribution in [0.1, 0.15) is 38.7 Å². The van der Waals surface area contributed by atoms with E-state index in [-0.39, 0.29) is 24.0 Å². The number of halogens is 1. The summed E-state index contributed by atoms with van der Waals surface area (Å²) in [6.07, 6.45) is 1.99. The Kier molecular flexibility index (Phi) is 6.52. The predicted molar refractivity (Wildman–Crippen MR) is 123 cm³/mol. The number of hydrogen-bond acceptors (Lipinski definition) is 7. The van der Waals surface area contributed by atoms with Crippen molar-refractivity contribution in [3.8, 4) is 34.7 Å². The molecule has 3 aromatic rings. The van der Waals surface area contributed by atoms with E-state index in [1.54, 1.807) is 30.3 Å². The summed E-state index contributed by atoms with van der Waals surface area (Å²) in [6.45, 7) is 3.84. The number of rotatable bonds is 7. The fourth-order valence-corrected chi connectivity index (χ4v) is 4.15. The first-order valence-electron chi connectivity index (χ1n) is 10.7. The maximum Gasteiger partial charge on any atom is 0.306 e. The summed E-state index contributed by atoms with van der Waals surface area (Å²) in [4.78, 5) is 15.6. The third kappa shape index (κ3) is 5.10. The van der Waals surface area contributed by atoms with Gasteiger partial charge in [0, 0.05) is 17.3 Å². The fraction of sp³-hybridized carbons (Fsp3) is 0.333. The highest BCUT2D eigenvalue weighted by molar-refractivity contribution is 6.32. The van der Waals surface area contributed by atoms with E-state index in [1.165, 1.54) is 0 Å². The normalized spacial score (nSPS) is 17.7. The van der Waals surface area contributed by atoms with Crippen molar-refractivity contribution in [3.63, 3.8) is 0 Å². The first-order chi connectivity index (χ1) is 15.8. The second-order valence-corrected chi connectivity index (χ2v) is 8.70.